The average Bonchev–Trinajstić information content (AvgIpc) is 2.89. The third-order valence-corrected chi connectivity index (χ3v) is 3.11. The number of hydrogen-bond donors (Lipinski definition) is 0. The Morgan fingerprint density at radius 3 is 2.58 bits per heavy atom. The van der Waals surface area contributed by atoms with Gasteiger partial charge in [-0.25, -0.2) is 4.39 Å². The zero-order chi connectivity index (χ0) is 13.2. The smallest absolute Gasteiger partial charge is 0.261 e. The Bertz CT molecular complexity index is 712. The largest absolute Gasteiger partial charge is 0.334 e. The van der Waals surface area contributed by atoms with Gasteiger partial charge in [-0.05, 0) is 18.2 Å². The fourth-order valence-corrected chi connectivity index (χ4v) is 2.03. The van der Waals surface area contributed by atoms with Crippen molar-refractivity contribution in [1.82, 2.24) is 10.1 Å². The van der Waals surface area contributed by atoms with Gasteiger partial charge < -0.3 is 4.52 Å². The third-order valence-electron chi connectivity index (χ3n) is 2.62. The number of halogens is 2. The second kappa shape index (κ2) is 4.93. The Morgan fingerprint density at radius 2 is 1.84 bits per heavy atom. The van der Waals surface area contributed by atoms with Gasteiger partial charge in [-0.15, -0.1) is 0 Å². The Balaban J connectivity index is 2.02. The van der Waals surface area contributed by atoms with Crippen molar-refractivity contribution < 1.29 is 8.91 Å². The first-order valence-electron chi connectivity index (χ1n) is 5.58. The van der Waals surface area contributed by atoms with Gasteiger partial charge in [-0.2, -0.15) is 4.98 Å². The van der Waals surface area contributed by atoms with Crippen LogP contribution < -0.4 is 0 Å². The second-order valence-electron chi connectivity index (χ2n) is 3.91. The van der Waals surface area contributed by atoms with E-state index >= 15 is 0 Å². The van der Waals surface area contributed by atoms with Crippen LogP contribution in [0.4, 0.5) is 4.39 Å². The van der Waals surface area contributed by atoms with Crippen molar-refractivity contribution in [3.8, 4) is 22.8 Å². The van der Waals surface area contributed by atoms with Crippen LogP contribution in [0.15, 0.2) is 57.5 Å². The van der Waals surface area contributed by atoms with Gasteiger partial charge in [0.05, 0.1) is 5.56 Å². The van der Waals surface area contributed by atoms with Crippen LogP contribution in [0.2, 0.25) is 0 Å². The molecule has 0 radical (unpaired) electrons. The van der Waals surface area contributed by atoms with Gasteiger partial charge in [-0.1, -0.05) is 51.4 Å². The van der Waals surface area contributed by atoms with E-state index in [1.165, 1.54) is 6.07 Å². The first-order chi connectivity index (χ1) is 9.24. The van der Waals surface area contributed by atoms with Gasteiger partial charge in [0.25, 0.3) is 5.89 Å². The van der Waals surface area contributed by atoms with E-state index in [-0.39, 0.29) is 11.5 Å². The monoisotopic (exact) mass is 318 g/mol. The average molecular weight is 319 g/mol. The van der Waals surface area contributed by atoms with E-state index < -0.39 is 5.82 Å². The van der Waals surface area contributed by atoms with Crippen molar-refractivity contribution >= 4 is 15.9 Å². The summed E-state index contributed by atoms with van der Waals surface area (Å²) >= 11 is 3.20. The summed E-state index contributed by atoms with van der Waals surface area (Å²) in [5.74, 6) is 0.208. The molecule has 0 aliphatic heterocycles. The predicted molar refractivity (Wildman–Crippen MR) is 72.8 cm³/mol. The molecule has 5 heteroatoms. The molecule has 0 spiro atoms. The molecule has 1 aromatic heterocycles. The SMILES string of the molecule is Fc1cc(Br)ccc1-c1nc(-c2ccccc2)no1. The molecule has 0 unspecified atom stereocenters. The van der Waals surface area contributed by atoms with Gasteiger partial charge in [0.2, 0.25) is 5.82 Å². The number of nitrogens with zero attached hydrogens (tertiary/aromatic N) is 2. The topological polar surface area (TPSA) is 38.9 Å². The zero-order valence-corrected chi connectivity index (χ0v) is 11.3. The Kier molecular flexibility index (Phi) is 3.13. The van der Waals surface area contributed by atoms with E-state index in [0.29, 0.717) is 10.3 Å². The van der Waals surface area contributed by atoms with Crippen LogP contribution in [-0.4, -0.2) is 10.1 Å². The summed E-state index contributed by atoms with van der Waals surface area (Å²) in [4.78, 5) is 4.21. The van der Waals surface area contributed by atoms with Gasteiger partial charge in [0.15, 0.2) is 0 Å². The lowest BCUT2D eigenvalue weighted by atomic mass is 10.2. The van der Waals surface area contributed by atoms with E-state index in [1.54, 1.807) is 12.1 Å². The van der Waals surface area contributed by atoms with E-state index in [0.717, 1.165) is 5.56 Å². The highest BCUT2D eigenvalue weighted by Gasteiger charge is 2.14. The minimum atomic E-state index is -0.405. The van der Waals surface area contributed by atoms with Crippen LogP contribution >= 0.6 is 15.9 Å². The molecule has 3 aromatic rings. The molecular weight excluding hydrogens is 311 g/mol. The Hall–Kier alpha value is -2.01. The second-order valence-corrected chi connectivity index (χ2v) is 4.83. The lowest BCUT2D eigenvalue weighted by molar-refractivity contribution is 0.429. The standard InChI is InChI=1S/C14H8BrFN2O/c15-10-6-7-11(12(16)8-10)14-17-13(18-19-14)9-4-2-1-3-5-9/h1-8H. The molecule has 3 nitrogen and oxygen atoms in total. The molecule has 0 saturated carbocycles. The molecule has 1 heterocycles. The highest BCUT2D eigenvalue weighted by molar-refractivity contribution is 9.10. The van der Waals surface area contributed by atoms with Crippen molar-refractivity contribution in [2.24, 2.45) is 0 Å². The lowest BCUT2D eigenvalue weighted by Gasteiger charge is -1.97. The van der Waals surface area contributed by atoms with Gasteiger partial charge in [0.1, 0.15) is 5.82 Å². The Labute approximate surface area is 117 Å². The zero-order valence-electron chi connectivity index (χ0n) is 9.68. The molecule has 2 aromatic carbocycles. The summed E-state index contributed by atoms with van der Waals surface area (Å²) in [6.45, 7) is 0. The first kappa shape index (κ1) is 12.0. The molecule has 0 fully saturated rings. The highest BCUT2D eigenvalue weighted by atomic mass is 79.9. The molecule has 0 amide bonds. The maximum atomic E-state index is 13.8. The molecule has 0 atom stereocenters. The van der Waals surface area contributed by atoms with E-state index in [4.69, 9.17) is 4.52 Å². The van der Waals surface area contributed by atoms with E-state index in [2.05, 4.69) is 26.1 Å². The number of benzene rings is 2. The van der Waals surface area contributed by atoms with Crippen LogP contribution in [0.3, 0.4) is 0 Å². The number of aromatic nitrogens is 2. The van der Waals surface area contributed by atoms with Gasteiger partial charge >= 0.3 is 0 Å². The van der Waals surface area contributed by atoms with Crippen LogP contribution in [0.5, 0.6) is 0 Å². The number of rotatable bonds is 2. The van der Waals surface area contributed by atoms with Crippen molar-refractivity contribution in [3.05, 3.63) is 58.8 Å². The molecule has 0 aliphatic carbocycles. The van der Waals surface area contributed by atoms with Crippen molar-refractivity contribution in [3.63, 3.8) is 0 Å². The third kappa shape index (κ3) is 2.42. The van der Waals surface area contributed by atoms with Crippen molar-refractivity contribution in [2.45, 2.75) is 0 Å². The maximum Gasteiger partial charge on any atom is 0.261 e. The molecule has 3 rings (SSSR count). The van der Waals surface area contributed by atoms with Crippen LogP contribution in [0, 0.1) is 5.82 Å². The van der Waals surface area contributed by atoms with E-state index in [1.807, 2.05) is 30.3 Å². The molecule has 0 N–H and O–H groups in total. The van der Waals surface area contributed by atoms with Gasteiger partial charge in [0, 0.05) is 10.0 Å². The number of hydrogen-bond acceptors (Lipinski definition) is 3. The molecule has 19 heavy (non-hydrogen) atoms. The predicted octanol–water partition coefficient (Wildman–Crippen LogP) is 4.31. The summed E-state index contributed by atoms with van der Waals surface area (Å²) in [6.07, 6.45) is 0. The molecule has 0 aliphatic rings. The molecular formula is C14H8BrFN2O. The van der Waals surface area contributed by atoms with Crippen LogP contribution in [0.25, 0.3) is 22.8 Å². The van der Waals surface area contributed by atoms with E-state index in [9.17, 15) is 4.39 Å². The quantitative estimate of drug-likeness (QED) is 0.707. The fraction of sp³-hybridized carbons (Fsp3) is 0. The van der Waals surface area contributed by atoms with Gasteiger partial charge in [-0.3, -0.25) is 0 Å². The summed E-state index contributed by atoms with van der Waals surface area (Å²) in [7, 11) is 0. The van der Waals surface area contributed by atoms with Crippen molar-refractivity contribution in [2.75, 3.05) is 0 Å². The normalized spacial score (nSPS) is 10.6. The molecule has 0 saturated heterocycles. The van der Waals surface area contributed by atoms with Crippen LogP contribution in [0.1, 0.15) is 0 Å². The Morgan fingerprint density at radius 1 is 1.05 bits per heavy atom. The lowest BCUT2D eigenvalue weighted by Crippen LogP contribution is -1.85. The summed E-state index contributed by atoms with van der Waals surface area (Å²) in [5.41, 5.74) is 1.12. The van der Waals surface area contributed by atoms with Crippen LogP contribution in [-0.2, 0) is 0 Å². The summed E-state index contributed by atoms with van der Waals surface area (Å²) in [6, 6.07) is 14.1. The molecule has 94 valence electrons. The maximum absolute atomic E-state index is 13.8. The summed E-state index contributed by atoms with van der Waals surface area (Å²) < 4.78 is 19.6. The fourth-order valence-electron chi connectivity index (χ4n) is 1.70. The minimum Gasteiger partial charge on any atom is -0.334 e. The molecule has 0 bridgehead atoms. The first-order valence-corrected chi connectivity index (χ1v) is 6.38. The highest BCUT2D eigenvalue weighted by Crippen LogP contribution is 2.26. The minimum absolute atomic E-state index is 0.170. The summed E-state index contributed by atoms with van der Waals surface area (Å²) in [5, 5.41) is 3.86. The van der Waals surface area contributed by atoms with Crippen molar-refractivity contribution in [1.29, 1.82) is 0 Å².